The number of aromatic amines is 1. The molecule has 0 bridgehead atoms. The van der Waals surface area contributed by atoms with Crippen LogP contribution in [0.4, 0.5) is 5.69 Å². The highest BCUT2D eigenvalue weighted by Gasteiger charge is 2.12. The van der Waals surface area contributed by atoms with Crippen molar-refractivity contribution in [1.29, 1.82) is 0 Å². The van der Waals surface area contributed by atoms with Crippen molar-refractivity contribution >= 4 is 17.5 Å². The largest absolute Gasteiger partial charge is 0.345 e. The Bertz CT molecular complexity index is 607. The van der Waals surface area contributed by atoms with Gasteiger partial charge in [0.2, 0.25) is 5.91 Å². The molecule has 6 heteroatoms. The average Bonchev–Trinajstić information content (AvgIpc) is 2.92. The van der Waals surface area contributed by atoms with Crippen LogP contribution in [0.1, 0.15) is 35.8 Å². The van der Waals surface area contributed by atoms with Gasteiger partial charge >= 0.3 is 0 Å². The first-order valence-corrected chi connectivity index (χ1v) is 6.23. The predicted octanol–water partition coefficient (Wildman–Crippen LogP) is 1.86. The molecule has 2 amide bonds. The van der Waals surface area contributed by atoms with Crippen LogP contribution in [-0.2, 0) is 4.79 Å². The zero-order valence-electron chi connectivity index (χ0n) is 11.3. The van der Waals surface area contributed by atoms with Crippen molar-refractivity contribution in [3.05, 3.63) is 47.8 Å². The van der Waals surface area contributed by atoms with Crippen LogP contribution in [0.15, 0.2) is 36.7 Å². The smallest absolute Gasteiger partial charge is 0.251 e. The summed E-state index contributed by atoms with van der Waals surface area (Å²) in [6.45, 7) is 3.30. The fourth-order valence-electron chi connectivity index (χ4n) is 1.80. The van der Waals surface area contributed by atoms with E-state index in [0.717, 1.165) is 5.56 Å². The third-order valence-corrected chi connectivity index (χ3v) is 2.81. The van der Waals surface area contributed by atoms with Gasteiger partial charge in [-0.05, 0) is 25.1 Å². The predicted molar refractivity (Wildman–Crippen MR) is 75.2 cm³/mol. The molecule has 1 unspecified atom stereocenters. The van der Waals surface area contributed by atoms with Gasteiger partial charge in [0.05, 0.1) is 12.2 Å². The number of carbonyl (C=O) groups is 2. The van der Waals surface area contributed by atoms with Crippen LogP contribution in [0.5, 0.6) is 0 Å². The molecule has 1 aromatic carbocycles. The molecule has 3 N–H and O–H groups in total. The number of nitrogens with zero attached hydrogens (tertiary/aromatic N) is 1. The van der Waals surface area contributed by atoms with Gasteiger partial charge in [0, 0.05) is 29.9 Å². The average molecular weight is 272 g/mol. The molecule has 1 aromatic heterocycles. The standard InChI is InChI=1S/C14H16N4O2/c1-9(12-7-15-16-8-12)17-14(20)11-4-3-5-13(6-11)18-10(2)19/h3-9H,1-2H3,(H,15,16)(H,17,20)(H,18,19). The van der Waals surface area contributed by atoms with Crippen molar-refractivity contribution < 1.29 is 9.59 Å². The van der Waals surface area contributed by atoms with Gasteiger partial charge in [-0.3, -0.25) is 14.7 Å². The first-order chi connectivity index (χ1) is 9.56. The third-order valence-electron chi connectivity index (χ3n) is 2.81. The van der Waals surface area contributed by atoms with Gasteiger partial charge in [-0.15, -0.1) is 0 Å². The van der Waals surface area contributed by atoms with E-state index >= 15 is 0 Å². The summed E-state index contributed by atoms with van der Waals surface area (Å²) < 4.78 is 0. The molecule has 2 rings (SSSR count). The molecule has 1 heterocycles. The molecule has 0 radical (unpaired) electrons. The second kappa shape index (κ2) is 6.01. The molecule has 6 nitrogen and oxygen atoms in total. The van der Waals surface area contributed by atoms with Gasteiger partial charge in [-0.25, -0.2) is 0 Å². The van der Waals surface area contributed by atoms with Crippen LogP contribution in [-0.4, -0.2) is 22.0 Å². The zero-order chi connectivity index (χ0) is 14.5. The number of benzene rings is 1. The lowest BCUT2D eigenvalue weighted by Crippen LogP contribution is -2.26. The molecular weight excluding hydrogens is 256 g/mol. The van der Waals surface area contributed by atoms with Gasteiger partial charge in [-0.2, -0.15) is 5.10 Å². The van der Waals surface area contributed by atoms with Gasteiger partial charge in [0.15, 0.2) is 0 Å². The van der Waals surface area contributed by atoms with Crippen LogP contribution in [0, 0.1) is 0 Å². The van der Waals surface area contributed by atoms with Crippen LogP contribution < -0.4 is 10.6 Å². The molecule has 1 atom stereocenters. The van der Waals surface area contributed by atoms with E-state index in [1.54, 1.807) is 36.7 Å². The van der Waals surface area contributed by atoms with E-state index in [9.17, 15) is 9.59 Å². The highest BCUT2D eigenvalue weighted by Crippen LogP contribution is 2.13. The van der Waals surface area contributed by atoms with Crippen molar-refractivity contribution in [2.24, 2.45) is 0 Å². The lowest BCUT2D eigenvalue weighted by Gasteiger charge is -2.12. The van der Waals surface area contributed by atoms with E-state index in [0.29, 0.717) is 11.3 Å². The molecule has 0 saturated heterocycles. The minimum absolute atomic E-state index is 0.148. The monoisotopic (exact) mass is 272 g/mol. The quantitative estimate of drug-likeness (QED) is 0.794. The number of hydrogen-bond acceptors (Lipinski definition) is 3. The second-order valence-corrected chi connectivity index (χ2v) is 4.49. The van der Waals surface area contributed by atoms with Gasteiger partial charge in [-0.1, -0.05) is 6.07 Å². The van der Waals surface area contributed by atoms with E-state index < -0.39 is 0 Å². The fourth-order valence-corrected chi connectivity index (χ4v) is 1.80. The Morgan fingerprint density at radius 1 is 1.35 bits per heavy atom. The Labute approximate surface area is 116 Å². The molecule has 104 valence electrons. The van der Waals surface area contributed by atoms with Gasteiger partial charge < -0.3 is 10.6 Å². The summed E-state index contributed by atoms with van der Waals surface area (Å²) in [5, 5.41) is 12.1. The first kappa shape index (κ1) is 13.8. The van der Waals surface area contributed by atoms with Crippen molar-refractivity contribution in [3.8, 4) is 0 Å². The summed E-state index contributed by atoms with van der Waals surface area (Å²) in [5.74, 6) is -0.375. The summed E-state index contributed by atoms with van der Waals surface area (Å²) in [4.78, 5) is 23.1. The third kappa shape index (κ3) is 3.44. The topological polar surface area (TPSA) is 86.9 Å². The Balaban J connectivity index is 2.07. The number of amides is 2. The number of anilines is 1. The molecule has 20 heavy (non-hydrogen) atoms. The van der Waals surface area contributed by atoms with Gasteiger partial charge in [0.25, 0.3) is 5.91 Å². The molecule has 0 aliphatic heterocycles. The molecule has 0 aliphatic rings. The highest BCUT2D eigenvalue weighted by molar-refractivity contribution is 5.96. The van der Waals surface area contributed by atoms with Crippen LogP contribution in [0.2, 0.25) is 0 Å². The summed E-state index contributed by atoms with van der Waals surface area (Å²) in [5.41, 5.74) is 1.99. The minimum atomic E-state index is -0.203. The molecule has 2 aromatic rings. The number of H-pyrrole nitrogens is 1. The van der Waals surface area contributed by atoms with E-state index in [4.69, 9.17) is 0 Å². The van der Waals surface area contributed by atoms with Gasteiger partial charge in [0.1, 0.15) is 0 Å². The number of carbonyl (C=O) groups excluding carboxylic acids is 2. The molecular formula is C14H16N4O2. The van der Waals surface area contributed by atoms with E-state index in [2.05, 4.69) is 20.8 Å². The minimum Gasteiger partial charge on any atom is -0.345 e. The SMILES string of the molecule is CC(=O)Nc1cccc(C(=O)NC(C)c2cn[nH]c2)c1. The maximum Gasteiger partial charge on any atom is 0.251 e. The van der Waals surface area contributed by atoms with Crippen molar-refractivity contribution in [2.75, 3.05) is 5.32 Å². The van der Waals surface area contributed by atoms with Crippen LogP contribution in [0.25, 0.3) is 0 Å². The molecule has 0 aliphatic carbocycles. The first-order valence-electron chi connectivity index (χ1n) is 6.23. The van der Waals surface area contributed by atoms with Crippen LogP contribution >= 0.6 is 0 Å². The van der Waals surface area contributed by atoms with E-state index in [-0.39, 0.29) is 17.9 Å². The molecule has 0 spiro atoms. The summed E-state index contributed by atoms with van der Waals surface area (Å²) in [7, 11) is 0. The lowest BCUT2D eigenvalue weighted by molar-refractivity contribution is -0.114. The second-order valence-electron chi connectivity index (χ2n) is 4.49. The van der Waals surface area contributed by atoms with Crippen molar-refractivity contribution in [1.82, 2.24) is 15.5 Å². The Hall–Kier alpha value is -2.63. The number of nitrogens with one attached hydrogen (secondary N) is 3. The summed E-state index contributed by atoms with van der Waals surface area (Å²) >= 11 is 0. The van der Waals surface area contributed by atoms with Crippen molar-refractivity contribution in [2.45, 2.75) is 19.9 Å². The molecule has 0 saturated carbocycles. The Morgan fingerprint density at radius 3 is 2.80 bits per heavy atom. The fraction of sp³-hybridized carbons (Fsp3) is 0.214. The number of hydrogen-bond donors (Lipinski definition) is 3. The number of aromatic nitrogens is 2. The Morgan fingerprint density at radius 2 is 2.15 bits per heavy atom. The zero-order valence-corrected chi connectivity index (χ0v) is 11.3. The normalized spacial score (nSPS) is 11.7. The van der Waals surface area contributed by atoms with Crippen LogP contribution in [0.3, 0.4) is 0 Å². The lowest BCUT2D eigenvalue weighted by atomic mass is 10.1. The maximum atomic E-state index is 12.1. The Kier molecular flexibility index (Phi) is 4.14. The highest BCUT2D eigenvalue weighted by atomic mass is 16.2. The summed E-state index contributed by atoms with van der Waals surface area (Å²) in [6, 6.07) is 6.65. The molecule has 0 fully saturated rings. The van der Waals surface area contributed by atoms with E-state index in [1.807, 2.05) is 6.92 Å². The van der Waals surface area contributed by atoms with E-state index in [1.165, 1.54) is 6.92 Å². The maximum absolute atomic E-state index is 12.1. The number of rotatable bonds is 4. The summed E-state index contributed by atoms with van der Waals surface area (Å²) in [6.07, 6.45) is 3.40. The van der Waals surface area contributed by atoms with Crippen molar-refractivity contribution in [3.63, 3.8) is 0 Å².